The molecule has 0 spiro atoms. The first-order valence-corrected chi connectivity index (χ1v) is 7.86. The van der Waals surface area contributed by atoms with Gasteiger partial charge in [0, 0.05) is 6.54 Å². The molecule has 2 aliphatic rings. The van der Waals surface area contributed by atoms with Crippen molar-refractivity contribution in [2.75, 3.05) is 27.2 Å². The predicted octanol–water partition coefficient (Wildman–Crippen LogP) is -0.709. The van der Waals surface area contributed by atoms with Crippen LogP contribution in [0.15, 0.2) is 0 Å². The molecule has 0 aromatic rings. The molecule has 0 amide bonds. The zero-order valence-electron chi connectivity index (χ0n) is 13.2. The van der Waals surface area contributed by atoms with E-state index in [2.05, 4.69) is 0 Å². The molecule has 22 heavy (non-hydrogen) atoms. The van der Waals surface area contributed by atoms with E-state index in [1.165, 1.54) is 0 Å². The highest BCUT2D eigenvalue weighted by atomic mass is 16.5. The number of carbonyl (C=O) groups is 1. The van der Waals surface area contributed by atoms with E-state index in [0.717, 1.165) is 19.3 Å². The molecule has 7 heteroatoms. The minimum absolute atomic E-state index is 0.0548. The van der Waals surface area contributed by atoms with E-state index in [-0.39, 0.29) is 12.5 Å². The average molecular weight is 317 g/mol. The van der Waals surface area contributed by atoms with Crippen LogP contribution in [0.5, 0.6) is 0 Å². The first kappa shape index (κ1) is 17.6. The van der Waals surface area contributed by atoms with Crippen LogP contribution in [0.3, 0.4) is 0 Å². The average Bonchev–Trinajstić information content (AvgIpc) is 2.44. The molecule has 1 saturated heterocycles. The molecular weight excluding hydrogens is 290 g/mol. The molecule has 1 heterocycles. The first-order valence-electron chi connectivity index (χ1n) is 7.86. The van der Waals surface area contributed by atoms with Crippen molar-refractivity contribution in [1.82, 2.24) is 4.90 Å². The van der Waals surface area contributed by atoms with E-state index in [1.54, 1.807) is 0 Å². The lowest BCUT2D eigenvalue weighted by Gasteiger charge is -2.51. The smallest absolute Gasteiger partial charge is 0.335 e. The molecule has 0 radical (unpaired) electrons. The summed E-state index contributed by atoms with van der Waals surface area (Å²) >= 11 is 0. The van der Waals surface area contributed by atoms with Gasteiger partial charge in [0.2, 0.25) is 0 Å². The number of aliphatic hydroxyl groups is 3. The molecule has 4 N–H and O–H groups in total. The highest BCUT2D eigenvalue weighted by Crippen LogP contribution is 2.44. The van der Waals surface area contributed by atoms with Gasteiger partial charge in [-0.05, 0) is 38.8 Å². The van der Waals surface area contributed by atoms with Crippen molar-refractivity contribution in [2.24, 2.45) is 11.8 Å². The fourth-order valence-corrected chi connectivity index (χ4v) is 4.07. The number of carboxylic acids is 1. The minimum Gasteiger partial charge on any atom is -0.479 e. The number of hydrogen-bond donors (Lipinski definition) is 4. The number of aliphatic carboxylic acids is 1. The van der Waals surface area contributed by atoms with Gasteiger partial charge in [-0.15, -0.1) is 0 Å². The van der Waals surface area contributed by atoms with Gasteiger partial charge in [-0.25, -0.2) is 4.79 Å². The summed E-state index contributed by atoms with van der Waals surface area (Å²) in [5.74, 6) is -1.67. The molecule has 0 aromatic carbocycles. The Labute approximate surface area is 130 Å². The largest absolute Gasteiger partial charge is 0.479 e. The maximum absolute atomic E-state index is 11.5. The van der Waals surface area contributed by atoms with Crippen LogP contribution in [0.25, 0.3) is 0 Å². The second-order valence-electron chi connectivity index (χ2n) is 6.86. The fourth-order valence-electron chi connectivity index (χ4n) is 4.07. The Morgan fingerprint density at radius 3 is 2.50 bits per heavy atom. The molecule has 2 rings (SSSR count). The number of hydrogen-bond acceptors (Lipinski definition) is 6. The van der Waals surface area contributed by atoms with Crippen molar-refractivity contribution in [3.63, 3.8) is 0 Å². The second-order valence-corrected chi connectivity index (χ2v) is 6.86. The first-order chi connectivity index (χ1) is 10.3. The summed E-state index contributed by atoms with van der Waals surface area (Å²) in [6, 6.07) is 0. The van der Waals surface area contributed by atoms with Crippen molar-refractivity contribution < 1.29 is 30.0 Å². The van der Waals surface area contributed by atoms with E-state index < -0.39 is 35.8 Å². The lowest BCUT2D eigenvalue weighted by molar-refractivity contribution is -0.270. The van der Waals surface area contributed by atoms with E-state index in [1.807, 2.05) is 19.0 Å². The molecule has 0 aromatic heterocycles. The Morgan fingerprint density at radius 1 is 1.27 bits per heavy atom. The van der Waals surface area contributed by atoms with Gasteiger partial charge in [-0.2, -0.15) is 0 Å². The minimum atomic E-state index is -1.97. The van der Waals surface area contributed by atoms with Crippen LogP contribution < -0.4 is 0 Å². The third kappa shape index (κ3) is 3.14. The van der Waals surface area contributed by atoms with Crippen LogP contribution in [0, 0.1) is 11.8 Å². The van der Waals surface area contributed by atoms with Crippen molar-refractivity contribution in [2.45, 2.75) is 49.6 Å². The Hall–Kier alpha value is -0.730. The SMILES string of the molecule is CN(C)CC1CCCCC1C1(O)C(C(=O)O)OCC(O)C1O. The third-order valence-electron chi connectivity index (χ3n) is 5.02. The molecule has 1 saturated carbocycles. The van der Waals surface area contributed by atoms with E-state index in [9.17, 15) is 25.2 Å². The summed E-state index contributed by atoms with van der Waals surface area (Å²) < 4.78 is 5.17. The van der Waals surface area contributed by atoms with Gasteiger partial charge < -0.3 is 30.1 Å². The highest BCUT2D eigenvalue weighted by molar-refractivity contribution is 5.74. The standard InChI is InChI=1S/C15H27NO6/c1-16(2)7-9-5-3-4-6-10(9)15(21)12(18)11(17)8-22-13(15)14(19)20/h9-13,17-18,21H,3-8H2,1-2H3,(H,19,20). The Morgan fingerprint density at radius 2 is 1.91 bits per heavy atom. The summed E-state index contributed by atoms with van der Waals surface area (Å²) in [6.45, 7) is 0.410. The Kier molecular flexibility index (Phi) is 5.45. The number of ether oxygens (including phenoxy) is 1. The third-order valence-corrected chi connectivity index (χ3v) is 5.02. The summed E-state index contributed by atoms with van der Waals surface area (Å²) in [6.07, 6.45) is -0.947. The van der Waals surface area contributed by atoms with Gasteiger partial charge in [-0.1, -0.05) is 12.8 Å². The van der Waals surface area contributed by atoms with Crippen molar-refractivity contribution in [3.8, 4) is 0 Å². The van der Waals surface area contributed by atoms with E-state index in [0.29, 0.717) is 13.0 Å². The van der Waals surface area contributed by atoms with Gasteiger partial charge in [0.15, 0.2) is 6.10 Å². The lowest BCUT2D eigenvalue weighted by Crippen LogP contribution is -2.70. The van der Waals surface area contributed by atoms with Gasteiger partial charge in [0.25, 0.3) is 0 Å². The summed E-state index contributed by atoms with van der Waals surface area (Å²) in [5, 5.41) is 40.7. The fraction of sp³-hybridized carbons (Fsp3) is 0.933. The summed E-state index contributed by atoms with van der Waals surface area (Å²) in [4.78, 5) is 13.5. The van der Waals surface area contributed by atoms with Crippen LogP contribution in [-0.4, -0.2) is 82.5 Å². The molecule has 0 bridgehead atoms. The molecule has 128 valence electrons. The monoisotopic (exact) mass is 317 g/mol. The van der Waals surface area contributed by atoms with Crippen molar-refractivity contribution >= 4 is 5.97 Å². The molecule has 6 unspecified atom stereocenters. The lowest BCUT2D eigenvalue weighted by atomic mass is 9.64. The Bertz CT molecular complexity index is 403. The number of aliphatic hydroxyl groups excluding tert-OH is 2. The summed E-state index contributed by atoms with van der Waals surface area (Å²) in [5.41, 5.74) is -1.97. The molecule has 1 aliphatic heterocycles. The number of nitrogens with zero attached hydrogens (tertiary/aromatic N) is 1. The van der Waals surface area contributed by atoms with Gasteiger partial charge in [0.1, 0.15) is 17.8 Å². The van der Waals surface area contributed by atoms with Crippen LogP contribution in [0.1, 0.15) is 25.7 Å². The van der Waals surface area contributed by atoms with Crippen LogP contribution in [-0.2, 0) is 9.53 Å². The van der Waals surface area contributed by atoms with Crippen LogP contribution in [0.4, 0.5) is 0 Å². The number of carboxylic acid groups (broad SMARTS) is 1. The molecule has 2 fully saturated rings. The zero-order chi connectivity index (χ0) is 16.5. The van der Waals surface area contributed by atoms with Crippen LogP contribution in [0.2, 0.25) is 0 Å². The number of rotatable bonds is 4. The van der Waals surface area contributed by atoms with Crippen molar-refractivity contribution in [3.05, 3.63) is 0 Å². The van der Waals surface area contributed by atoms with E-state index in [4.69, 9.17) is 4.74 Å². The Balaban J connectivity index is 2.34. The van der Waals surface area contributed by atoms with Gasteiger partial charge >= 0.3 is 5.97 Å². The zero-order valence-corrected chi connectivity index (χ0v) is 13.2. The molecule has 6 atom stereocenters. The predicted molar refractivity (Wildman–Crippen MR) is 78.3 cm³/mol. The second kappa shape index (κ2) is 6.80. The molecular formula is C15H27NO6. The quantitative estimate of drug-likeness (QED) is 0.542. The normalized spacial score (nSPS) is 43.3. The highest BCUT2D eigenvalue weighted by Gasteiger charge is 2.60. The molecule has 7 nitrogen and oxygen atoms in total. The van der Waals surface area contributed by atoms with Gasteiger partial charge in [-0.3, -0.25) is 0 Å². The van der Waals surface area contributed by atoms with Crippen LogP contribution >= 0.6 is 0 Å². The molecule has 1 aliphatic carbocycles. The topological polar surface area (TPSA) is 110 Å². The van der Waals surface area contributed by atoms with Crippen molar-refractivity contribution in [1.29, 1.82) is 0 Å². The summed E-state index contributed by atoms with van der Waals surface area (Å²) in [7, 11) is 3.85. The maximum Gasteiger partial charge on any atom is 0.335 e. The van der Waals surface area contributed by atoms with E-state index >= 15 is 0 Å². The maximum atomic E-state index is 11.5. The van der Waals surface area contributed by atoms with Gasteiger partial charge in [0.05, 0.1) is 6.61 Å².